The highest BCUT2D eigenvalue weighted by atomic mass is 31.0. The topological polar surface area (TPSA) is 0 Å². The lowest BCUT2D eigenvalue weighted by atomic mass is 9.98. The van der Waals surface area contributed by atoms with Crippen molar-refractivity contribution in [1.82, 2.24) is 0 Å². The predicted octanol–water partition coefficient (Wildman–Crippen LogP) is 4.68. The molecule has 1 rings (SSSR count). The number of benzene rings is 1. The first-order valence-corrected chi connectivity index (χ1v) is 6.00. The average molecular weight is 230 g/mol. The zero-order valence-electron chi connectivity index (χ0n) is 10.3. The maximum atomic E-state index is 3.94. The fourth-order valence-electron chi connectivity index (χ4n) is 1.65. The van der Waals surface area contributed by atoms with Crippen LogP contribution in [0, 0.1) is 6.92 Å². The van der Waals surface area contributed by atoms with E-state index in [0.717, 1.165) is 12.0 Å². The van der Waals surface area contributed by atoms with Crippen molar-refractivity contribution in [3.8, 4) is 0 Å². The van der Waals surface area contributed by atoms with E-state index in [1.165, 1.54) is 22.0 Å². The number of hydrogen-bond acceptors (Lipinski definition) is 0. The van der Waals surface area contributed by atoms with Crippen LogP contribution in [0.2, 0.25) is 0 Å². The second kappa shape index (κ2) is 5.82. The van der Waals surface area contributed by atoms with Gasteiger partial charge in [0.25, 0.3) is 0 Å². The van der Waals surface area contributed by atoms with Crippen molar-refractivity contribution in [2.45, 2.75) is 27.2 Å². The first-order valence-electron chi connectivity index (χ1n) is 5.50. The minimum atomic E-state index is 0.893. The number of aryl methyl sites for hydroxylation is 1. The van der Waals surface area contributed by atoms with Gasteiger partial charge in [-0.05, 0) is 43.6 Å². The van der Waals surface area contributed by atoms with Crippen LogP contribution in [0.3, 0.4) is 0 Å². The van der Waals surface area contributed by atoms with Crippen molar-refractivity contribution < 1.29 is 0 Å². The number of rotatable bonds is 4. The Morgan fingerprint density at radius 3 is 2.31 bits per heavy atom. The van der Waals surface area contributed by atoms with Gasteiger partial charge in [0.15, 0.2) is 0 Å². The Labute approximate surface area is 101 Å². The van der Waals surface area contributed by atoms with Crippen LogP contribution in [0.25, 0.3) is 5.57 Å². The minimum Gasteiger partial charge on any atom is -0.118 e. The SMILES string of the molecule is C=C(C)CC(=P)/C(=C\C)c1ccc(C)cc1. The molecule has 0 aliphatic heterocycles. The van der Waals surface area contributed by atoms with Gasteiger partial charge in [0, 0.05) is 0 Å². The average Bonchev–Trinajstić information content (AvgIpc) is 2.21. The van der Waals surface area contributed by atoms with E-state index < -0.39 is 0 Å². The molecule has 1 aromatic rings. The smallest absolute Gasteiger partial charge is 0.00285 e. The Hall–Kier alpha value is -1.13. The molecule has 1 aromatic carbocycles. The van der Waals surface area contributed by atoms with Crippen LogP contribution >= 0.6 is 8.86 Å². The Balaban J connectivity index is 2.95. The van der Waals surface area contributed by atoms with Crippen LogP contribution < -0.4 is 0 Å². The molecule has 0 aliphatic rings. The van der Waals surface area contributed by atoms with Gasteiger partial charge >= 0.3 is 0 Å². The highest BCUT2D eigenvalue weighted by Crippen LogP contribution is 2.21. The van der Waals surface area contributed by atoms with Gasteiger partial charge in [0.1, 0.15) is 0 Å². The summed E-state index contributed by atoms with van der Waals surface area (Å²) in [6.45, 7) is 10.2. The zero-order valence-corrected chi connectivity index (χ0v) is 11.3. The molecule has 0 nitrogen and oxygen atoms in total. The Bertz CT molecular complexity index is 421. The van der Waals surface area contributed by atoms with Crippen molar-refractivity contribution in [3.63, 3.8) is 0 Å². The third-order valence-corrected chi connectivity index (χ3v) is 2.90. The molecular weight excluding hydrogens is 211 g/mol. The summed E-state index contributed by atoms with van der Waals surface area (Å²) in [4.78, 5) is 0. The van der Waals surface area contributed by atoms with Gasteiger partial charge in [-0.1, -0.05) is 48.1 Å². The summed E-state index contributed by atoms with van der Waals surface area (Å²) in [5, 5.41) is 1.19. The van der Waals surface area contributed by atoms with Gasteiger partial charge in [-0.15, -0.1) is 8.86 Å². The predicted molar refractivity (Wildman–Crippen MR) is 77.6 cm³/mol. The van der Waals surface area contributed by atoms with Crippen molar-refractivity contribution >= 4 is 19.7 Å². The quantitative estimate of drug-likeness (QED) is 0.520. The molecular formula is C15H19P. The fourth-order valence-corrected chi connectivity index (χ4v) is 2.24. The van der Waals surface area contributed by atoms with Gasteiger partial charge in [-0.25, -0.2) is 0 Å². The van der Waals surface area contributed by atoms with Gasteiger partial charge in [-0.2, -0.15) is 0 Å². The minimum absolute atomic E-state index is 0.893. The number of hydrogen-bond donors (Lipinski definition) is 0. The molecule has 0 amide bonds. The molecule has 0 aliphatic carbocycles. The van der Waals surface area contributed by atoms with E-state index in [4.69, 9.17) is 0 Å². The normalized spacial score (nSPS) is 11.3. The molecule has 0 heterocycles. The highest BCUT2D eigenvalue weighted by molar-refractivity contribution is 7.23. The fraction of sp³-hybridized carbons (Fsp3) is 0.267. The van der Waals surface area contributed by atoms with E-state index in [-0.39, 0.29) is 0 Å². The van der Waals surface area contributed by atoms with Crippen LogP contribution in [-0.2, 0) is 0 Å². The van der Waals surface area contributed by atoms with E-state index in [0.29, 0.717) is 0 Å². The molecule has 0 spiro atoms. The second-order valence-electron chi connectivity index (χ2n) is 4.18. The van der Waals surface area contributed by atoms with Crippen LogP contribution in [0.4, 0.5) is 0 Å². The lowest BCUT2D eigenvalue weighted by Crippen LogP contribution is -1.99. The second-order valence-corrected chi connectivity index (χ2v) is 4.78. The Morgan fingerprint density at radius 1 is 1.31 bits per heavy atom. The van der Waals surface area contributed by atoms with Crippen LogP contribution in [-0.4, -0.2) is 5.29 Å². The first-order chi connectivity index (χ1) is 7.54. The molecule has 0 aromatic heterocycles. The summed E-state index contributed by atoms with van der Waals surface area (Å²) in [6.07, 6.45) is 3.03. The first kappa shape index (κ1) is 12.9. The van der Waals surface area contributed by atoms with Gasteiger partial charge in [0.2, 0.25) is 0 Å². The Kier molecular flexibility index (Phi) is 4.71. The molecule has 84 valence electrons. The Morgan fingerprint density at radius 2 is 1.88 bits per heavy atom. The molecule has 0 unspecified atom stereocenters. The van der Waals surface area contributed by atoms with E-state index in [9.17, 15) is 0 Å². The van der Waals surface area contributed by atoms with Crippen molar-refractivity contribution in [2.24, 2.45) is 0 Å². The summed E-state index contributed by atoms with van der Waals surface area (Å²) in [5.74, 6) is 0. The molecule has 0 fully saturated rings. The van der Waals surface area contributed by atoms with Crippen molar-refractivity contribution in [1.29, 1.82) is 0 Å². The van der Waals surface area contributed by atoms with E-state index in [2.05, 4.69) is 59.6 Å². The molecule has 0 radical (unpaired) electrons. The highest BCUT2D eigenvalue weighted by Gasteiger charge is 2.05. The summed E-state index contributed by atoms with van der Waals surface area (Å²) < 4.78 is 0. The lowest BCUT2D eigenvalue weighted by Gasteiger charge is -2.10. The van der Waals surface area contributed by atoms with Gasteiger partial charge < -0.3 is 0 Å². The molecule has 0 saturated heterocycles. The lowest BCUT2D eigenvalue weighted by molar-refractivity contribution is 1.31. The van der Waals surface area contributed by atoms with E-state index in [1.807, 2.05) is 6.92 Å². The zero-order chi connectivity index (χ0) is 12.1. The molecule has 16 heavy (non-hydrogen) atoms. The molecule has 0 N–H and O–H groups in total. The summed E-state index contributed by atoms with van der Waals surface area (Å²) >= 11 is 0. The third-order valence-electron chi connectivity index (χ3n) is 2.45. The maximum absolute atomic E-state index is 3.94. The van der Waals surface area contributed by atoms with Crippen LogP contribution in [0.1, 0.15) is 31.4 Å². The molecule has 0 atom stereocenters. The monoisotopic (exact) mass is 230 g/mol. The van der Waals surface area contributed by atoms with E-state index >= 15 is 0 Å². The maximum Gasteiger partial charge on any atom is -0.00285 e. The summed E-state index contributed by atoms with van der Waals surface area (Å²) in [7, 11) is 3.70. The number of allylic oxidation sites excluding steroid dienone is 3. The molecule has 1 heteroatoms. The molecule has 0 saturated carbocycles. The third kappa shape index (κ3) is 3.47. The molecule has 0 bridgehead atoms. The largest absolute Gasteiger partial charge is 0.118 e. The standard InChI is InChI=1S/C15H19P/c1-5-14(15(16)10-11(2)3)13-8-6-12(4)7-9-13/h5-9,16H,2,10H2,1,3-4H3/b14-5-. The van der Waals surface area contributed by atoms with E-state index in [1.54, 1.807) is 0 Å². The summed E-state index contributed by atoms with van der Waals surface area (Å²) in [6, 6.07) is 8.59. The van der Waals surface area contributed by atoms with Crippen LogP contribution in [0.15, 0.2) is 42.5 Å². The van der Waals surface area contributed by atoms with Gasteiger partial charge in [-0.3, -0.25) is 0 Å². The van der Waals surface area contributed by atoms with Crippen molar-refractivity contribution in [2.75, 3.05) is 0 Å². The van der Waals surface area contributed by atoms with Crippen LogP contribution in [0.5, 0.6) is 0 Å². The summed E-state index contributed by atoms with van der Waals surface area (Å²) in [5.41, 5.74) is 4.95. The van der Waals surface area contributed by atoms with Crippen molar-refractivity contribution in [3.05, 3.63) is 53.6 Å². The van der Waals surface area contributed by atoms with Gasteiger partial charge in [0.05, 0.1) is 0 Å².